The average Bonchev–Trinajstić information content (AvgIpc) is 3.05. The summed E-state index contributed by atoms with van der Waals surface area (Å²) in [7, 11) is 0. The molecular formula is C40H72N2O5. The third-order valence-electron chi connectivity index (χ3n) is 8.39. The molecule has 7 nitrogen and oxygen atoms in total. The predicted octanol–water partition coefficient (Wildman–Crippen LogP) is 10.3. The number of amides is 1. The number of nitrogens with one attached hydrogen (secondary N) is 1. The van der Waals surface area contributed by atoms with Gasteiger partial charge in [0.2, 0.25) is 5.91 Å². The van der Waals surface area contributed by atoms with Gasteiger partial charge in [0.05, 0.1) is 0 Å². The predicted molar refractivity (Wildman–Crippen MR) is 197 cm³/mol. The van der Waals surface area contributed by atoms with Crippen molar-refractivity contribution in [2.75, 3.05) is 6.54 Å². The molecule has 4 N–H and O–H groups in total. The molecular weight excluding hydrogens is 588 g/mol. The van der Waals surface area contributed by atoms with Gasteiger partial charge in [-0.1, -0.05) is 121 Å². The number of nitrogens with two attached hydrogens (primary N) is 1. The number of allylic oxidation sites excluding steroid dienone is 5. The number of esters is 1. The van der Waals surface area contributed by atoms with Crippen molar-refractivity contribution in [3.8, 4) is 0 Å². The van der Waals surface area contributed by atoms with Crippen molar-refractivity contribution < 1.29 is 24.2 Å². The molecule has 0 aliphatic rings. The van der Waals surface area contributed by atoms with Crippen molar-refractivity contribution >= 4 is 17.8 Å². The van der Waals surface area contributed by atoms with Crippen LogP contribution in [0, 0.1) is 0 Å². The summed E-state index contributed by atoms with van der Waals surface area (Å²) in [6, 6.07) is -0.873. The molecule has 7 heteroatoms. The fraction of sp³-hybridized carbons (Fsp3) is 0.775. The summed E-state index contributed by atoms with van der Waals surface area (Å²) >= 11 is 0. The third-order valence-corrected chi connectivity index (χ3v) is 8.39. The summed E-state index contributed by atoms with van der Waals surface area (Å²) in [5.74, 6) is -1.37. The molecule has 0 rings (SSSR count). The Hall–Kier alpha value is -2.41. The van der Waals surface area contributed by atoms with Crippen LogP contribution in [-0.2, 0) is 19.1 Å². The zero-order chi connectivity index (χ0) is 34.6. The number of hydrogen-bond acceptors (Lipinski definition) is 5. The van der Waals surface area contributed by atoms with E-state index in [1.807, 2.05) is 6.08 Å². The topological polar surface area (TPSA) is 119 Å². The van der Waals surface area contributed by atoms with E-state index in [1.165, 1.54) is 64.2 Å². The summed E-state index contributed by atoms with van der Waals surface area (Å²) in [4.78, 5) is 36.1. The Balaban J connectivity index is 4.22. The number of ether oxygens (including phenoxy) is 1. The molecule has 0 saturated heterocycles. The van der Waals surface area contributed by atoms with E-state index >= 15 is 0 Å². The number of hydrogen-bond donors (Lipinski definition) is 3. The highest BCUT2D eigenvalue weighted by molar-refractivity contribution is 5.83. The van der Waals surface area contributed by atoms with E-state index in [2.05, 4.69) is 49.5 Å². The molecule has 2 unspecified atom stereocenters. The van der Waals surface area contributed by atoms with Gasteiger partial charge in [0.1, 0.15) is 12.1 Å². The van der Waals surface area contributed by atoms with Crippen molar-refractivity contribution in [3.63, 3.8) is 0 Å². The Morgan fingerprint density at radius 2 is 1.21 bits per heavy atom. The first-order chi connectivity index (χ1) is 22.9. The van der Waals surface area contributed by atoms with Crippen LogP contribution in [-0.4, -0.2) is 41.6 Å². The summed E-state index contributed by atoms with van der Waals surface area (Å²) < 4.78 is 5.86. The maximum Gasteiger partial charge on any atom is 0.326 e. The first-order valence-corrected chi connectivity index (χ1v) is 19.3. The van der Waals surface area contributed by atoms with Crippen LogP contribution in [0.3, 0.4) is 0 Å². The first-order valence-electron chi connectivity index (χ1n) is 19.3. The van der Waals surface area contributed by atoms with Crippen molar-refractivity contribution in [3.05, 3.63) is 36.5 Å². The van der Waals surface area contributed by atoms with E-state index in [-0.39, 0.29) is 18.0 Å². The second-order valence-corrected chi connectivity index (χ2v) is 13.0. The standard InChI is InChI=1S/C40H72N2O5/c1-3-5-7-9-11-12-13-14-15-16-17-18-19-20-22-28-34-39(44)47-36(30-25-21-10-8-6-4-2)31-26-23-24-27-33-38(43)42-37(40(45)46)32-29-35-41/h8,10,15-16,25,30,36-37H,3-7,9,11-14,17-24,26-29,31-35,41H2,1-2H3,(H,42,43)(H,45,46)/b10-8-,16-15-,30-25-. The SMILES string of the molecule is CCC/C=C\C/C=C\C(CCCCCCC(=O)NC(CCCN)C(=O)O)OC(=O)CCCCCCC/C=C\CCCCCCCCC. The van der Waals surface area contributed by atoms with Gasteiger partial charge in [0, 0.05) is 12.8 Å². The minimum atomic E-state index is -1.02. The molecule has 0 saturated carbocycles. The van der Waals surface area contributed by atoms with E-state index in [4.69, 9.17) is 10.5 Å². The lowest BCUT2D eigenvalue weighted by atomic mass is 10.1. The Morgan fingerprint density at radius 3 is 1.83 bits per heavy atom. The van der Waals surface area contributed by atoms with Crippen LogP contribution in [0.25, 0.3) is 0 Å². The quantitative estimate of drug-likeness (QED) is 0.0359. The van der Waals surface area contributed by atoms with E-state index in [1.54, 1.807) is 0 Å². The number of rotatable bonds is 34. The Morgan fingerprint density at radius 1 is 0.638 bits per heavy atom. The maximum absolute atomic E-state index is 12.6. The van der Waals surface area contributed by atoms with E-state index in [0.29, 0.717) is 38.6 Å². The number of carboxylic acid groups (broad SMARTS) is 1. The molecule has 272 valence electrons. The molecule has 0 radical (unpaired) electrons. The fourth-order valence-corrected chi connectivity index (χ4v) is 5.46. The number of carbonyl (C=O) groups is 3. The summed E-state index contributed by atoms with van der Waals surface area (Å²) in [6.45, 7) is 4.83. The van der Waals surface area contributed by atoms with Gasteiger partial charge < -0.3 is 20.9 Å². The lowest BCUT2D eigenvalue weighted by Crippen LogP contribution is -2.40. The van der Waals surface area contributed by atoms with Crippen LogP contribution >= 0.6 is 0 Å². The summed E-state index contributed by atoms with van der Waals surface area (Å²) in [6.07, 6.45) is 39.3. The third kappa shape index (κ3) is 31.9. The Kier molecular flexibility index (Phi) is 33.1. The Labute approximate surface area is 288 Å². The molecule has 47 heavy (non-hydrogen) atoms. The molecule has 0 aromatic heterocycles. The van der Waals surface area contributed by atoms with Gasteiger partial charge in [-0.25, -0.2) is 4.79 Å². The second-order valence-electron chi connectivity index (χ2n) is 13.0. The maximum atomic E-state index is 12.6. The number of unbranched alkanes of at least 4 members (excludes halogenated alkanes) is 16. The molecule has 0 aromatic rings. The molecule has 0 fully saturated rings. The lowest BCUT2D eigenvalue weighted by molar-refractivity contribution is -0.147. The molecule has 0 heterocycles. The normalized spacial score (nSPS) is 13.1. The van der Waals surface area contributed by atoms with Gasteiger partial charge in [-0.15, -0.1) is 0 Å². The van der Waals surface area contributed by atoms with Crippen molar-refractivity contribution in [2.24, 2.45) is 5.73 Å². The van der Waals surface area contributed by atoms with Crippen LogP contribution in [0.1, 0.15) is 181 Å². The van der Waals surface area contributed by atoms with Crippen molar-refractivity contribution in [2.45, 2.75) is 193 Å². The highest BCUT2D eigenvalue weighted by Crippen LogP contribution is 2.15. The second kappa shape index (κ2) is 34.9. The van der Waals surface area contributed by atoms with E-state index in [0.717, 1.165) is 70.6 Å². The molecule has 0 aromatic carbocycles. The zero-order valence-electron chi connectivity index (χ0n) is 30.4. The first kappa shape index (κ1) is 44.6. The average molecular weight is 661 g/mol. The van der Waals surface area contributed by atoms with Crippen molar-refractivity contribution in [1.82, 2.24) is 5.32 Å². The molecule has 0 aliphatic carbocycles. The van der Waals surface area contributed by atoms with Gasteiger partial charge >= 0.3 is 11.9 Å². The van der Waals surface area contributed by atoms with E-state index < -0.39 is 12.0 Å². The van der Waals surface area contributed by atoms with Crippen LogP contribution in [0.15, 0.2) is 36.5 Å². The van der Waals surface area contributed by atoms with Crippen LogP contribution in [0.2, 0.25) is 0 Å². The van der Waals surface area contributed by atoms with Crippen molar-refractivity contribution in [1.29, 1.82) is 0 Å². The monoisotopic (exact) mass is 661 g/mol. The van der Waals surface area contributed by atoms with Crippen LogP contribution < -0.4 is 11.1 Å². The smallest absolute Gasteiger partial charge is 0.326 e. The largest absolute Gasteiger partial charge is 0.480 e. The molecule has 0 bridgehead atoms. The highest BCUT2D eigenvalue weighted by atomic mass is 16.5. The molecule has 0 spiro atoms. The minimum Gasteiger partial charge on any atom is -0.480 e. The zero-order valence-corrected chi connectivity index (χ0v) is 30.4. The molecule has 0 aliphatic heterocycles. The Bertz CT molecular complexity index is 838. The summed E-state index contributed by atoms with van der Waals surface area (Å²) in [5, 5.41) is 11.9. The molecule has 1 amide bonds. The van der Waals surface area contributed by atoms with Gasteiger partial charge in [0.25, 0.3) is 0 Å². The minimum absolute atomic E-state index is 0.117. The van der Waals surface area contributed by atoms with Gasteiger partial charge in [0.15, 0.2) is 0 Å². The lowest BCUT2D eigenvalue weighted by Gasteiger charge is -2.15. The van der Waals surface area contributed by atoms with Gasteiger partial charge in [-0.3, -0.25) is 9.59 Å². The number of carbonyl (C=O) groups excluding carboxylic acids is 2. The number of carboxylic acids is 1. The van der Waals surface area contributed by atoms with Crippen LogP contribution in [0.5, 0.6) is 0 Å². The van der Waals surface area contributed by atoms with Gasteiger partial charge in [-0.05, 0) is 89.7 Å². The highest BCUT2D eigenvalue weighted by Gasteiger charge is 2.19. The van der Waals surface area contributed by atoms with Crippen LogP contribution in [0.4, 0.5) is 0 Å². The number of aliphatic carboxylic acids is 1. The van der Waals surface area contributed by atoms with Gasteiger partial charge in [-0.2, -0.15) is 0 Å². The molecule has 2 atom stereocenters. The van der Waals surface area contributed by atoms with E-state index in [9.17, 15) is 19.5 Å². The fourth-order valence-electron chi connectivity index (χ4n) is 5.46. The summed E-state index contributed by atoms with van der Waals surface area (Å²) in [5.41, 5.74) is 5.46.